The molecule has 0 aliphatic heterocycles. The molecule has 0 spiro atoms. The highest BCUT2D eigenvalue weighted by molar-refractivity contribution is 5.98. The van der Waals surface area contributed by atoms with Crippen molar-refractivity contribution in [1.29, 1.82) is 5.26 Å². The van der Waals surface area contributed by atoms with Crippen molar-refractivity contribution in [3.05, 3.63) is 59.7 Å². The van der Waals surface area contributed by atoms with Gasteiger partial charge in [0.2, 0.25) is 0 Å². The summed E-state index contributed by atoms with van der Waals surface area (Å²) in [5, 5.41) is 14.1. The number of benzene rings is 3. The summed E-state index contributed by atoms with van der Waals surface area (Å²) in [7, 11) is 0. The average molecular weight is 386 g/mol. The van der Waals surface area contributed by atoms with Crippen LogP contribution in [0.25, 0.3) is 21.5 Å². The first-order valence-electron chi connectivity index (χ1n) is 11.0. The molecule has 0 bridgehead atoms. The van der Waals surface area contributed by atoms with E-state index >= 15 is 0 Å². The second-order valence-corrected chi connectivity index (χ2v) is 10.5. The van der Waals surface area contributed by atoms with Crippen molar-refractivity contribution in [1.82, 2.24) is 0 Å². The predicted molar refractivity (Wildman–Crippen MR) is 126 cm³/mol. The molecule has 0 fully saturated rings. The summed E-state index contributed by atoms with van der Waals surface area (Å²) in [6.07, 6.45) is 4.11. The molecule has 1 heteroatoms. The van der Waals surface area contributed by atoms with Crippen molar-refractivity contribution in [3.63, 3.8) is 0 Å². The molecule has 0 radical (unpaired) electrons. The highest BCUT2D eigenvalue weighted by atomic mass is 14.3. The summed E-state index contributed by atoms with van der Waals surface area (Å²) in [6, 6.07) is 20.8. The molecule has 0 aliphatic rings. The van der Waals surface area contributed by atoms with Gasteiger partial charge in [0.25, 0.3) is 0 Å². The second-order valence-electron chi connectivity index (χ2n) is 10.5. The van der Waals surface area contributed by atoms with Crippen molar-refractivity contribution in [2.45, 2.75) is 78.1 Å². The maximum atomic E-state index is 8.85. The summed E-state index contributed by atoms with van der Waals surface area (Å²) < 4.78 is 0. The fourth-order valence-electron chi connectivity index (χ4n) is 4.18. The van der Waals surface area contributed by atoms with Gasteiger partial charge >= 0.3 is 0 Å². The van der Waals surface area contributed by atoms with Crippen LogP contribution in [-0.2, 0) is 10.8 Å². The molecule has 152 valence electrons. The van der Waals surface area contributed by atoms with E-state index in [0.29, 0.717) is 12.3 Å². The van der Waals surface area contributed by atoms with Crippen molar-refractivity contribution < 1.29 is 0 Å². The summed E-state index contributed by atoms with van der Waals surface area (Å²) in [4.78, 5) is 0. The Morgan fingerprint density at radius 2 is 1.34 bits per heavy atom. The lowest BCUT2D eigenvalue weighted by atomic mass is 9.78. The zero-order chi connectivity index (χ0) is 21.2. The fraction of sp³-hybridized carbons (Fsp3) is 0.464. The Balaban J connectivity index is 1.87. The largest absolute Gasteiger partial charge is 0.198 e. The van der Waals surface area contributed by atoms with E-state index in [9.17, 15) is 0 Å². The first-order chi connectivity index (χ1) is 13.6. The summed E-state index contributed by atoms with van der Waals surface area (Å²) >= 11 is 0. The monoisotopic (exact) mass is 385 g/mol. The third-order valence-electron chi connectivity index (χ3n) is 6.38. The normalized spacial score (nSPS) is 13.6. The predicted octanol–water partition coefficient (Wildman–Crippen LogP) is 8.29. The van der Waals surface area contributed by atoms with E-state index < -0.39 is 0 Å². The molecule has 29 heavy (non-hydrogen) atoms. The Hall–Kier alpha value is -2.33. The Labute approximate surface area is 176 Å². The van der Waals surface area contributed by atoms with Crippen molar-refractivity contribution in [2.75, 3.05) is 0 Å². The van der Waals surface area contributed by atoms with E-state index in [0.717, 1.165) is 12.8 Å². The smallest absolute Gasteiger partial charge is 0.0624 e. The highest BCUT2D eigenvalue weighted by Crippen LogP contribution is 2.34. The molecule has 0 saturated heterocycles. The molecule has 0 saturated carbocycles. The minimum absolute atomic E-state index is 0.144. The molecule has 3 aromatic carbocycles. The molecule has 3 rings (SSSR count). The Bertz CT molecular complexity index is 1040. The maximum Gasteiger partial charge on any atom is 0.0624 e. The molecular weight excluding hydrogens is 350 g/mol. The van der Waals surface area contributed by atoms with Crippen molar-refractivity contribution in [3.8, 4) is 6.07 Å². The number of hydrogen-bond donors (Lipinski definition) is 0. The van der Waals surface area contributed by atoms with Crippen LogP contribution in [-0.4, -0.2) is 0 Å². The molecule has 3 aromatic rings. The van der Waals surface area contributed by atoms with Gasteiger partial charge in [-0.25, -0.2) is 0 Å². The van der Waals surface area contributed by atoms with Crippen LogP contribution < -0.4 is 0 Å². The van der Waals surface area contributed by atoms with Gasteiger partial charge in [0, 0.05) is 6.42 Å². The first-order valence-corrected chi connectivity index (χ1v) is 11.0. The van der Waals surface area contributed by atoms with Crippen LogP contribution >= 0.6 is 0 Å². The van der Waals surface area contributed by atoms with E-state index in [1.165, 1.54) is 39.1 Å². The Morgan fingerprint density at radius 1 is 0.793 bits per heavy atom. The van der Waals surface area contributed by atoms with Gasteiger partial charge in [-0.05, 0) is 74.4 Å². The van der Waals surface area contributed by atoms with Gasteiger partial charge in [-0.15, -0.1) is 0 Å². The van der Waals surface area contributed by atoms with Gasteiger partial charge in [-0.3, -0.25) is 0 Å². The summed E-state index contributed by atoms with van der Waals surface area (Å²) in [5.41, 5.74) is 3.10. The maximum absolute atomic E-state index is 8.85. The third-order valence-corrected chi connectivity index (χ3v) is 6.38. The minimum Gasteiger partial charge on any atom is -0.198 e. The zero-order valence-corrected chi connectivity index (χ0v) is 19.0. The van der Waals surface area contributed by atoms with E-state index in [2.05, 4.69) is 96.1 Å². The van der Waals surface area contributed by atoms with Crippen LogP contribution in [0, 0.1) is 17.2 Å². The van der Waals surface area contributed by atoms with Crippen LogP contribution in [0.2, 0.25) is 0 Å². The van der Waals surface area contributed by atoms with Crippen molar-refractivity contribution in [2.24, 2.45) is 5.92 Å². The molecule has 1 nitrogen and oxygen atoms in total. The number of rotatable bonds is 6. The molecular formula is C28H35N. The van der Waals surface area contributed by atoms with Crippen LogP contribution in [0.1, 0.15) is 78.4 Å². The van der Waals surface area contributed by atoms with Gasteiger partial charge < -0.3 is 0 Å². The van der Waals surface area contributed by atoms with Crippen LogP contribution in [0.15, 0.2) is 48.5 Å². The van der Waals surface area contributed by atoms with Crippen LogP contribution in [0.4, 0.5) is 0 Å². The fourth-order valence-corrected chi connectivity index (χ4v) is 4.18. The van der Waals surface area contributed by atoms with E-state index in [4.69, 9.17) is 5.26 Å². The Morgan fingerprint density at radius 3 is 1.90 bits per heavy atom. The minimum atomic E-state index is 0.144. The van der Waals surface area contributed by atoms with Gasteiger partial charge in [0.1, 0.15) is 0 Å². The van der Waals surface area contributed by atoms with Gasteiger partial charge in [-0.2, -0.15) is 5.26 Å². The molecule has 0 aromatic heterocycles. The number of nitrogens with zero attached hydrogens (tertiary/aromatic N) is 1. The quantitative estimate of drug-likeness (QED) is 0.391. The lowest BCUT2D eigenvalue weighted by Crippen LogP contribution is -2.17. The molecule has 0 heterocycles. The molecule has 0 aliphatic carbocycles. The van der Waals surface area contributed by atoms with Gasteiger partial charge in [0.15, 0.2) is 0 Å². The van der Waals surface area contributed by atoms with E-state index in [1.807, 2.05) is 0 Å². The number of fused-ring (bicyclic) bond motifs is 2. The standard InChI is InChI=1S/C28H35N/c1-20(13-15-29)8-7-14-28(5,6)26-12-10-22-16-23-18-25(27(2,3)4)11-9-21(23)17-24(22)19-26/h9-12,16-20H,7-8,13-14H2,1-6H3. The SMILES string of the molecule is CC(CC#N)CCCC(C)(C)c1ccc2cc3cc(C(C)(C)C)ccc3cc2c1. The lowest BCUT2D eigenvalue weighted by Gasteiger charge is -2.26. The first kappa shape index (κ1) is 21.4. The molecule has 0 amide bonds. The second kappa shape index (κ2) is 8.19. The van der Waals surface area contributed by atoms with E-state index in [1.54, 1.807) is 0 Å². The lowest BCUT2D eigenvalue weighted by molar-refractivity contribution is 0.416. The summed E-state index contributed by atoms with van der Waals surface area (Å²) in [6.45, 7) is 13.7. The number of nitriles is 1. The van der Waals surface area contributed by atoms with Crippen LogP contribution in [0.5, 0.6) is 0 Å². The van der Waals surface area contributed by atoms with Gasteiger partial charge in [0.05, 0.1) is 6.07 Å². The van der Waals surface area contributed by atoms with E-state index in [-0.39, 0.29) is 10.8 Å². The summed E-state index contributed by atoms with van der Waals surface area (Å²) in [5.74, 6) is 0.497. The highest BCUT2D eigenvalue weighted by Gasteiger charge is 2.21. The topological polar surface area (TPSA) is 23.8 Å². The zero-order valence-electron chi connectivity index (χ0n) is 19.0. The molecule has 1 atom stereocenters. The third kappa shape index (κ3) is 4.99. The van der Waals surface area contributed by atoms with Crippen LogP contribution in [0.3, 0.4) is 0 Å². The molecule has 1 unspecified atom stereocenters. The average Bonchev–Trinajstić information content (AvgIpc) is 2.64. The van der Waals surface area contributed by atoms with Crippen molar-refractivity contribution >= 4 is 21.5 Å². The molecule has 0 N–H and O–H groups in total. The van der Waals surface area contributed by atoms with Gasteiger partial charge in [-0.1, -0.05) is 84.4 Å². The Kier molecular flexibility index (Phi) is 6.04. The number of hydrogen-bond acceptors (Lipinski definition) is 1.